The van der Waals surface area contributed by atoms with Crippen molar-refractivity contribution in [1.29, 1.82) is 0 Å². The van der Waals surface area contributed by atoms with Gasteiger partial charge in [-0.2, -0.15) is 0 Å². The molecule has 24 heavy (non-hydrogen) atoms. The summed E-state index contributed by atoms with van der Waals surface area (Å²) < 4.78 is 11.0. The smallest absolute Gasteiger partial charge is 0.315 e. The first kappa shape index (κ1) is 13.8. The van der Waals surface area contributed by atoms with E-state index in [2.05, 4.69) is 0 Å². The number of ether oxygens (including phenoxy) is 2. The first-order valence-electron chi connectivity index (χ1n) is 8.19. The number of carbonyl (C=O) groups excluding carboxylic acids is 2. The van der Waals surface area contributed by atoms with Crippen LogP contribution in [0.1, 0.15) is 34.1 Å². The van der Waals surface area contributed by atoms with Crippen LogP contribution in [-0.2, 0) is 9.59 Å². The number of fused-ring (bicyclic) bond motifs is 8. The van der Waals surface area contributed by atoms with Gasteiger partial charge in [-0.15, -0.1) is 0 Å². The maximum Gasteiger partial charge on any atom is 0.315 e. The Bertz CT molecular complexity index is 838. The number of esters is 2. The summed E-state index contributed by atoms with van der Waals surface area (Å²) in [5, 5.41) is 0. The van der Waals surface area contributed by atoms with E-state index in [0.717, 1.165) is 22.3 Å². The van der Waals surface area contributed by atoms with Crippen molar-refractivity contribution in [3.8, 4) is 11.5 Å². The van der Waals surface area contributed by atoms with Gasteiger partial charge >= 0.3 is 11.9 Å². The first-order valence-corrected chi connectivity index (χ1v) is 8.19. The van der Waals surface area contributed by atoms with E-state index in [9.17, 15) is 9.59 Å². The molecule has 0 amide bonds. The van der Waals surface area contributed by atoms with Gasteiger partial charge < -0.3 is 9.47 Å². The normalized spacial score (nSPS) is 29.2. The molecule has 4 atom stereocenters. The predicted octanol–water partition coefficient (Wildman–Crippen LogP) is 3.25. The summed E-state index contributed by atoms with van der Waals surface area (Å²) in [5.41, 5.74) is 4.14. The minimum absolute atomic E-state index is 0.0128. The minimum atomic E-state index is -0.438. The molecule has 5 rings (SSSR count). The van der Waals surface area contributed by atoms with E-state index in [-0.39, 0.29) is 23.8 Å². The van der Waals surface area contributed by atoms with Crippen LogP contribution in [0.3, 0.4) is 0 Å². The standard InChI is InChI=1S/C20H16O4/c1-9-3-5-11-13(7-9)23-19(21)17-15(11)16-12-6-4-10(2)8-14(12)24-20(22)18(16)17/h3-8,15-18H,1-2H3/t15-,16+,17-,18+. The molecular weight excluding hydrogens is 304 g/mol. The highest BCUT2D eigenvalue weighted by molar-refractivity contribution is 5.92. The lowest BCUT2D eigenvalue weighted by Gasteiger charge is -2.53. The van der Waals surface area contributed by atoms with Gasteiger partial charge in [0.15, 0.2) is 0 Å². The lowest BCUT2D eigenvalue weighted by atomic mass is 9.51. The van der Waals surface area contributed by atoms with Crippen molar-refractivity contribution in [2.24, 2.45) is 11.8 Å². The molecule has 2 aliphatic heterocycles. The molecule has 1 saturated carbocycles. The van der Waals surface area contributed by atoms with E-state index in [0.29, 0.717) is 11.5 Å². The molecule has 0 aromatic heterocycles. The van der Waals surface area contributed by atoms with Crippen molar-refractivity contribution < 1.29 is 19.1 Å². The zero-order valence-electron chi connectivity index (χ0n) is 13.4. The summed E-state index contributed by atoms with van der Waals surface area (Å²) in [7, 11) is 0. The number of carbonyl (C=O) groups is 2. The second-order valence-electron chi connectivity index (χ2n) is 7.03. The third kappa shape index (κ3) is 1.63. The van der Waals surface area contributed by atoms with Crippen molar-refractivity contribution >= 4 is 11.9 Å². The molecule has 1 fully saturated rings. The maximum atomic E-state index is 12.5. The third-order valence-electron chi connectivity index (χ3n) is 5.57. The molecule has 0 bridgehead atoms. The fraction of sp³-hybridized carbons (Fsp3) is 0.300. The van der Waals surface area contributed by atoms with Crippen LogP contribution in [0.25, 0.3) is 0 Å². The number of aryl methyl sites for hydroxylation is 2. The molecule has 2 aromatic carbocycles. The Labute approximate surface area is 139 Å². The van der Waals surface area contributed by atoms with Crippen LogP contribution in [0.2, 0.25) is 0 Å². The molecule has 4 heteroatoms. The Hall–Kier alpha value is -2.62. The Morgan fingerprint density at radius 3 is 1.50 bits per heavy atom. The molecule has 120 valence electrons. The summed E-state index contributed by atoms with van der Waals surface area (Å²) in [6, 6.07) is 11.9. The van der Waals surface area contributed by atoms with Crippen LogP contribution in [-0.4, -0.2) is 11.9 Å². The highest BCUT2D eigenvalue weighted by atomic mass is 16.5. The second kappa shape index (κ2) is 4.47. The van der Waals surface area contributed by atoms with Gasteiger partial charge in [0.1, 0.15) is 11.5 Å². The average molecular weight is 320 g/mol. The average Bonchev–Trinajstić information content (AvgIpc) is 2.49. The summed E-state index contributed by atoms with van der Waals surface area (Å²) in [5.74, 6) is -0.264. The molecule has 2 aromatic rings. The van der Waals surface area contributed by atoms with Crippen molar-refractivity contribution in [1.82, 2.24) is 0 Å². The van der Waals surface area contributed by atoms with E-state index < -0.39 is 11.8 Å². The van der Waals surface area contributed by atoms with Crippen LogP contribution in [0, 0.1) is 25.7 Å². The zero-order chi connectivity index (χ0) is 16.6. The van der Waals surface area contributed by atoms with E-state index in [1.54, 1.807) is 0 Å². The van der Waals surface area contributed by atoms with Crippen molar-refractivity contribution in [2.45, 2.75) is 25.7 Å². The van der Waals surface area contributed by atoms with Crippen molar-refractivity contribution in [3.63, 3.8) is 0 Å². The molecule has 1 aliphatic carbocycles. The number of rotatable bonds is 0. The third-order valence-corrected chi connectivity index (χ3v) is 5.57. The molecule has 0 radical (unpaired) electrons. The van der Waals surface area contributed by atoms with Gasteiger partial charge in [0.05, 0.1) is 11.8 Å². The van der Waals surface area contributed by atoms with Gasteiger partial charge in [-0.3, -0.25) is 9.59 Å². The highest BCUT2D eigenvalue weighted by Gasteiger charge is 2.64. The van der Waals surface area contributed by atoms with Crippen LogP contribution >= 0.6 is 0 Å². The van der Waals surface area contributed by atoms with Gasteiger partial charge in [-0.1, -0.05) is 24.3 Å². The first-order chi connectivity index (χ1) is 11.5. The second-order valence-corrected chi connectivity index (χ2v) is 7.03. The zero-order valence-corrected chi connectivity index (χ0v) is 13.4. The monoisotopic (exact) mass is 320 g/mol. The summed E-state index contributed by atoms with van der Waals surface area (Å²) in [4.78, 5) is 24.9. The Morgan fingerprint density at radius 1 is 0.667 bits per heavy atom. The van der Waals surface area contributed by atoms with Gasteiger partial charge in [-0.05, 0) is 48.2 Å². The van der Waals surface area contributed by atoms with E-state index >= 15 is 0 Å². The Kier molecular flexibility index (Phi) is 2.57. The van der Waals surface area contributed by atoms with Crippen LogP contribution < -0.4 is 9.47 Å². The van der Waals surface area contributed by atoms with Crippen molar-refractivity contribution in [3.05, 3.63) is 58.7 Å². The molecule has 0 saturated heterocycles. The number of hydrogen-bond acceptors (Lipinski definition) is 4. The van der Waals surface area contributed by atoms with Gasteiger partial charge in [0.25, 0.3) is 0 Å². The summed E-state index contributed by atoms with van der Waals surface area (Å²) >= 11 is 0. The lowest BCUT2D eigenvalue weighted by Crippen LogP contribution is -2.57. The Morgan fingerprint density at radius 2 is 1.08 bits per heavy atom. The topological polar surface area (TPSA) is 52.6 Å². The van der Waals surface area contributed by atoms with E-state index in [4.69, 9.17) is 9.47 Å². The minimum Gasteiger partial charge on any atom is -0.426 e. The Balaban J connectivity index is 1.69. The molecule has 0 spiro atoms. The predicted molar refractivity (Wildman–Crippen MR) is 86.1 cm³/mol. The van der Waals surface area contributed by atoms with Gasteiger partial charge in [-0.25, -0.2) is 0 Å². The maximum absolute atomic E-state index is 12.5. The summed E-state index contributed by atoms with van der Waals surface area (Å²) in [6.45, 7) is 3.94. The quantitative estimate of drug-likeness (QED) is 0.552. The molecule has 3 aliphatic rings. The molecule has 0 N–H and O–H groups in total. The number of benzene rings is 2. The van der Waals surface area contributed by atoms with Crippen molar-refractivity contribution in [2.75, 3.05) is 0 Å². The fourth-order valence-corrected chi connectivity index (χ4v) is 4.47. The number of hydrogen-bond donors (Lipinski definition) is 0. The van der Waals surface area contributed by atoms with E-state index in [1.165, 1.54) is 0 Å². The van der Waals surface area contributed by atoms with Crippen LogP contribution in [0.15, 0.2) is 36.4 Å². The molecule has 0 unspecified atom stereocenters. The SMILES string of the molecule is Cc1ccc2c(c1)OC(=O)[C@@H]1[C@@H]3C(=O)Oc4cc(C)ccc4[C@@H]3[C@H]21. The van der Waals surface area contributed by atoms with Gasteiger partial charge in [0.2, 0.25) is 0 Å². The molecule has 4 nitrogen and oxygen atoms in total. The van der Waals surface area contributed by atoms with Crippen LogP contribution in [0.4, 0.5) is 0 Å². The lowest BCUT2D eigenvalue weighted by molar-refractivity contribution is -0.165. The van der Waals surface area contributed by atoms with Gasteiger partial charge in [0, 0.05) is 11.8 Å². The molecular formula is C20H16O4. The molecule has 2 heterocycles. The van der Waals surface area contributed by atoms with E-state index in [1.807, 2.05) is 50.2 Å². The highest BCUT2D eigenvalue weighted by Crippen LogP contribution is 2.64. The van der Waals surface area contributed by atoms with Crippen LogP contribution in [0.5, 0.6) is 11.5 Å². The fourth-order valence-electron chi connectivity index (χ4n) is 4.47. The largest absolute Gasteiger partial charge is 0.426 e. The summed E-state index contributed by atoms with van der Waals surface area (Å²) in [6.07, 6.45) is 0.